The highest BCUT2D eigenvalue weighted by Gasteiger charge is 2.18. The van der Waals surface area contributed by atoms with E-state index in [1.54, 1.807) is 18.2 Å². The monoisotopic (exact) mass is 249 g/mol. The van der Waals surface area contributed by atoms with Gasteiger partial charge in [-0.15, -0.1) is 0 Å². The molecule has 98 valence electrons. The van der Waals surface area contributed by atoms with E-state index in [4.69, 9.17) is 5.11 Å². The first-order chi connectivity index (χ1) is 8.65. The predicted molar refractivity (Wildman–Crippen MR) is 69.9 cm³/mol. The Kier molecular flexibility index (Phi) is 4.20. The van der Waals surface area contributed by atoms with Crippen LogP contribution in [0.4, 0.5) is 5.69 Å². The second kappa shape index (κ2) is 5.87. The summed E-state index contributed by atoms with van der Waals surface area (Å²) in [6.45, 7) is 0.843. The minimum atomic E-state index is -0.903. The molecule has 1 aliphatic carbocycles. The lowest BCUT2D eigenvalue weighted by molar-refractivity contribution is 0.0697. The van der Waals surface area contributed by atoms with Gasteiger partial charge in [0.2, 0.25) is 0 Å². The Balaban J connectivity index is 1.86. The number of nitrogens with one attached hydrogen (secondary N) is 1. The van der Waals surface area contributed by atoms with Crippen molar-refractivity contribution in [2.24, 2.45) is 5.92 Å². The number of aromatic carboxylic acids is 1. The van der Waals surface area contributed by atoms with Crippen molar-refractivity contribution < 1.29 is 15.0 Å². The summed E-state index contributed by atoms with van der Waals surface area (Å²) in [6, 6.07) is 6.87. The van der Waals surface area contributed by atoms with Gasteiger partial charge < -0.3 is 15.5 Å². The fraction of sp³-hybridized carbons (Fsp3) is 0.500. The van der Waals surface area contributed by atoms with Gasteiger partial charge in [-0.05, 0) is 49.8 Å². The summed E-state index contributed by atoms with van der Waals surface area (Å²) in [7, 11) is 0. The number of carboxylic acid groups (broad SMARTS) is 1. The fourth-order valence-electron chi connectivity index (χ4n) is 2.37. The van der Waals surface area contributed by atoms with E-state index in [2.05, 4.69) is 5.32 Å². The first-order valence-electron chi connectivity index (χ1n) is 6.40. The molecule has 3 N–H and O–H groups in total. The van der Waals surface area contributed by atoms with Crippen LogP contribution in [-0.2, 0) is 0 Å². The van der Waals surface area contributed by atoms with E-state index < -0.39 is 5.97 Å². The summed E-state index contributed by atoms with van der Waals surface area (Å²) in [5, 5.41) is 21.6. The molecular formula is C14H19NO3. The van der Waals surface area contributed by atoms with E-state index in [-0.39, 0.29) is 6.10 Å². The lowest BCUT2D eigenvalue weighted by Gasteiger charge is -2.25. The molecule has 0 atom stereocenters. The summed E-state index contributed by atoms with van der Waals surface area (Å²) < 4.78 is 0. The highest BCUT2D eigenvalue weighted by atomic mass is 16.4. The van der Waals surface area contributed by atoms with Crippen molar-refractivity contribution in [3.8, 4) is 0 Å². The maximum absolute atomic E-state index is 10.8. The summed E-state index contributed by atoms with van der Waals surface area (Å²) >= 11 is 0. The Morgan fingerprint density at radius 2 is 2.00 bits per heavy atom. The van der Waals surface area contributed by atoms with E-state index in [1.165, 1.54) is 0 Å². The smallest absolute Gasteiger partial charge is 0.335 e. The molecular weight excluding hydrogens is 230 g/mol. The topological polar surface area (TPSA) is 69.6 Å². The average Bonchev–Trinajstić information content (AvgIpc) is 2.38. The van der Waals surface area contributed by atoms with Crippen LogP contribution in [0.2, 0.25) is 0 Å². The third-order valence-corrected chi connectivity index (χ3v) is 3.52. The molecule has 1 aromatic carbocycles. The van der Waals surface area contributed by atoms with Crippen molar-refractivity contribution in [3.63, 3.8) is 0 Å². The van der Waals surface area contributed by atoms with Crippen molar-refractivity contribution in [1.29, 1.82) is 0 Å². The lowest BCUT2D eigenvalue weighted by Crippen LogP contribution is -2.23. The minimum absolute atomic E-state index is 0.128. The third-order valence-electron chi connectivity index (χ3n) is 3.52. The molecule has 0 radical (unpaired) electrons. The average molecular weight is 249 g/mol. The van der Waals surface area contributed by atoms with E-state index in [0.29, 0.717) is 11.5 Å². The number of carbonyl (C=O) groups is 1. The first-order valence-corrected chi connectivity index (χ1v) is 6.40. The van der Waals surface area contributed by atoms with Crippen molar-refractivity contribution in [1.82, 2.24) is 0 Å². The van der Waals surface area contributed by atoms with Crippen LogP contribution >= 0.6 is 0 Å². The molecule has 1 aromatic rings. The van der Waals surface area contributed by atoms with Gasteiger partial charge in [0, 0.05) is 12.2 Å². The van der Waals surface area contributed by atoms with Crippen molar-refractivity contribution in [2.45, 2.75) is 31.8 Å². The van der Waals surface area contributed by atoms with Gasteiger partial charge in [-0.1, -0.05) is 6.07 Å². The summed E-state index contributed by atoms with van der Waals surface area (Å²) in [5.74, 6) is -0.332. The number of rotatable bonds is 4. The Morgan fingerprint density at radius 1 is 1.28 bits per heavy atom. The van der Waals surface area contributed by atoms with Gasteiger partial charge in [-0.3, -0.25) is 0 Å². The molecule has 0 saturated heterocycles. The normalized spacial score (nSPS) is 23.6. The van der Waals surface area contributed by atoms with E-state index >= 15 is 0 Å². The summed E-state index contributed by atoms with van der Waals surface area (Å²) in [6.07, 6.45) is 3.69. The quantitative estimate of drug-likeness (QED) is 0.766. The van der Waals surface area contributed by atoms with E-state index in [1.807, 2.05) is 6.07 Å². The Morgan fingerprint density at radius 3 is 2.67 bits per heavy atom. The molecule has 0 heterocycles. The second-order valence-corrected chi connectivity index (χ2v) is 4.94. The van der Waals surface area contributed by atoms with Crippen LogP contribution in [0, 0.1) is 5.92 Å². The van der Waals surface area contributed by atoms with Crippen LogP contribution in [0.25, 0.3) is 0 Å². The maximum Gasteiger partial charge on any atom is 0.335 e. The largest absolute Gasteiger partial charge is 0.478 e. The zero-order chi connectivity index (χ0) is 13.0. The Labute approximate surface area is 107 Å². The highest BCUT2D eigenvalue weighted by Crippen LogP contribution is 2.24. The molecule has 0 aliphatic heterocycles. The molecule has 0 spiro atoms. The molecule has 4 heteroatoms. The number of benzene rings is 1. The van der Waals surface area contributed by atoms with Gasteiger partial charge >= 0.3 is 5.97 Å². The molecule has 0 amide bonds. The molecule has 1 aliphatic rings. The van der Waals surface area contributed by atoms with Crippen molar-refractivity contribution in [3.05, 3.63) is 29.8 Å². The van der Waals surface area contributed by atoms with Gasteiger partial charge in [-0.25, -0.2) is 4.79 Å². The predicted octanol–water partition coefficient (Wildman–Crippen LogP) is 2.35. The second-order valence-electron chi connectivity index (χ2n) is 4.94. The molecule has 0 aromatic heterocycles. The first kappa shape index (κ1) is 12.9. The van der Waals surface area contributed by atoms with Gasteiger partial charge in [0.05, 0.1) is 11.7 Å². The molecule has 0 unspecified atom stereocenters. The Hall–Kier alpha value is -1.55. The molecule has 18 heavy (non-hydrogen) atoms. The number of aliphatic hydroxyl groups is 1. The van der Waals surface area contributed by atoms with Crippen molar-refractivity contribution >= 4 is 11.7 Å². The fourth-order valence-corrected chi connectivity index (χ4v) is 2.37. The molecule has 2 rings (SSSR count). The number of carboxylic acids is 1. The minimum Gasteiger partial charge on any atom is -0.478 e. The third kappa shape index (κ3) is 3.47. The molecule has 1 saturated carbocycles. The van der Waals surface area contributed by atoms with Crippen LogP contribution in [-0.4, -0.2) is 28.8 Å². The van der Waals surface area contributed by atoms with Crippen LogP contribution in [0.5, 0.6) is 0 Å². The summed E-state index contributed by atoms with van der Waals surface area (Å²) in [5.41, 5.74) is 1.15. The SMILES string of the molecule is O=C(O)c1cccc(NCC2CCC(O)CC2)c1. The lowest BCUT2D eigenvalue weighted by atomic mass is 9.87. The van der Waals surface area contributed by atoms with Crippen molar-refractivity contribution in [2.75, 3.05) is 11.9 Å². The molecule has 4 nitrogen and oxygen atoms in total. The summed E-state index contributed by atoms with van der Waals surface area (Å²) in [4.78, 5) is 10.8. The van der Waals surface area contributed by atoms with Gasteiger partial charge in [0.25, 0.3) is 0 Å². The number of anilines is 1. The number of hydrogen-bond acceptors (Lipinski definition) is 3. The molecule has 0 bridgehead atoms. The number of hydrogen-bond donors (Lipinski definition) is 3. The van der Waals surface area contributed by atoms with E-state index in [9.17, 15) is 9.90 Å². The van der Waals surface area contributed by atoms with Gasteiger partial charge in [0.15, 0.2) is 0 Å². The van der Waals surface area contributed by atoms with Gasteiger partial charge in [-0.2, -0.15) is 0 Å². The number of aliphatic hydroxyl groups excluding tert-OH is 1. The zero-order valence-corrected chi connectivity index (χ0v) is 10.3. The van der Waals surface area contributed by atoms with Gasteiger partial charge in [0.1, 0.15) is 0 Å². The maximum atomic E-state index is 10.8. The van der Waals surface area contributed by atoms with Crippen LogP contribution < -0.4 is 5.32 Å². The van der Waals surface area contributed by atoms with E-state index in [0.717, 1.165) is 37.9 Å². The standard InChI is InChI=1S/C14H19NO3/c16-13-6-4-10(5-7-13)9-15-12-3-1-2-11(8-12)14(17)18/h1-3,8,10,13,15-16H,4-7,9H2,(H,17,18). The van der Waals surface area contributed by atoms with Crippen LogP contribution in [0.1, 0.15) is 36.0 Å². The highest BCUT2D eigenvalue weighted by molar-refractivity contribution is 5.88. The molecule has 1 fully saturated rings. The Bertz CT molecular complexity index is 411. The zero-order valence-electron chi connectivity index (χ0n) is 10.3. The van der Waals surface area contributed by atoms with Crippen LogP contribution in [0.3, 0.4) is 0 Å². The van der Waals surface area contributed by atoms with Crippen LogP contribution in [0.15, 0.2) is 24.3 Å².